The van der Waals surface area contributed by atoms with Crippen LogP contribution in [0.1, 0.15) is 10.4 Å². The minimum Gasteiger partial charge on any atom is -0.759 e. The van der Waals surface area contributed by atoms with Gasteiger partial charge in [0.1, 0.15) is 17.1 Å². The average molecular weight is 196 g/mol. The summed E-state index contributed by atoms with van der Waals surface area (Å²) in [5.74, 6) is -0.172. The number of amides is 1. The van der Waals surface area contributed by atoms with Gasteiger partial charge in [0, 0.05) is 0 Å². The first-order chi connectivity index (χ1) is 6.74. The van der Waals surface area contributed by atoms with Gasteiger partial charge < -0.3 is 20.2 Å². The van der Waals surface area contributed by atoms with Gasteiger partial charge in [-0.3, -0.25) is 4.79 Å². The Hall–Kier alpha value is -1.75. The van der Waals surface area contributed by atoms with Crippen LogP contribution in [-0.2, 0) is 0 Å². The summed E-state index contributed by atoms with van der Waals surface area (Å²) in [6.45, 7) is 0. The molecule has 1 rings (SSSR count). The number of hydrogen-bond acceptors (Lipinski definition) is 4. The molecule has 14 heavy (non-hydrogen) atoms. The van der Waals surface area contributed by atoms with Gasteiger partial charge in [-0.05, 0) is 12.1 Å². The number of hydrogen-bond donors (Lipinski definition) is 1. The summed E-state index contributed by atoms with van der Waals surface area (Å²) in [6, 6.07) is 4.82. The first kappa shape index (κ1) is 10.3. The number of carbonyl (C=O) groups is 1. The Labute approximate surface area is 81.2 Å². The van der Waals surface area contributed by atoms with E-state index in [-0.39, 0.29) is 5.56 Å². The molecule has 1 amide bonds. The van der Waals surface area contributed by atoms with Gasteiger partial charge in [0.15, 0.2) is 0 Å². The van der Waals surface area contributed by atoms with Crippen LogP contribution in [0.2, 0.25) is 0 Å². The maximum absolute atomic E-state index is 11.2. The summed E-state index contributed by atoms with van der Waals surface area (Å²) in [6.07, 6.45) is 0. The van der Waals surface area contributed by atoms with Crippen LogP contribution in [0.3, 0.4) is 0 Å². The van der Waals surface area contributed by atoms with Crippen LogP contribution < -0.4 is 15.0 Å². The molecule has 0 saturated carbocycles. The molecule has 0 bridgehead atoms. The van der Waals surface area contributed by atoms with E-state index in [1.165, 1.54) is 19.7 Å². The third kappa shape index (κ3) is 1.77. The summed E-state index contributed by atoms with van der Waals surface area (Å²) in [4.78, 5) is 11.2. The Kier molecular flexibility index (Phi) is 3.30. The number of hydroxylamine groups is 1. The summed E-state index contributed by atoms with van der Waals surface area (Å²) in [5.41, 5.74) is 1.39. The van der Waals surface area contributed by atoms with Crippen LogP contribution in [0.4, 0.5) is 0 Å². The minimum atomic E-state index is -0.778. The van der Waals surface area contributed by atoms with E-state index in [0.717, 1.165) is 0 Å². The molecule has 5 nitrogen and oxygen atoms in total. The first-order valence-corrected chi connectivity index (χ1v) is 3.88. The first-order valence-electron chi connectivity index (χ1n) is 3.88. The smallest absolute Gasteiger partial charge is 0.248 e. The van der Waals surface area contributed by atoms with E-state index in [0.29, 0.717) is 11.5 Å². The predicted molar refractivity (Wildman–Crippen MR) is 50.4 cm³/mol. The van der Waals surface area contributed by atoms with Crippen molar-refractivity contribution in [3.63, 3.8) is 0 Å². The van der Waals surface area contributed by atoms with Crippen molar-refractivity contribution in [2.45, 2.75) is 0 Å². The maximum atomic E-state index is 11.2. The van der Waals surface area contributed by atoms with Gasteiger partial charge in [-0.1, -0.05) is 6.07 Å². The second-order valence-corrected chi connectivity index (χ2v) is 2.47. The highest BCUT2D eigenvalue weighted by Crippen LogP contribution is 2.27. The van der Waals surface area contributed by atoms with E-state index < -0.39 is 5.91 Å². The third-order valence-electron chi connectivity index (χ3n) is 1.75. The maximum Gasteiger partial charge on any atom is 0.248 e. The van der Waals surface area contributed by atoms with Crippen molar-refractivity contribution >= 4 is 5.91 Å². The van der Waals surface area contributed by atoms with E-state index >= 15 is 0 Å². The molecule has 1 aromatic rings. The van der Waals surface area contributed by atoms with E-state index in [2.05, 4.69) is 0 Å². The highest BCUT2D eigenvalue weighted by Gasteiger charge is 2.15. The van der Waals surface area contributed by atoms with Gasteiger partial charge in [-0.25, -0.2) is 0 Å². The highest BCUT2D eigenvalue weighted by molar-refractivity contribution is 5.99. The van der Waals surface area contributed by atoms with Crippen LogP contribution in [-0.4, -0.2) is 20.1 Å². The molecular weight excluding hydrogens is 186 g/mol. The fourth-order valence-electron chi connectivity index (χ4n) is 1.13. The highest BCUT2D eigenvalue weighted by atomic mass is 16.5. The van der Waals surface area contributed by atoms with E-state index in [1.54, 1.807) is 18.2 Å². The number of ether oxygens (including phenoxy) is 2. The molecule has 0 saturated heterocycles. The zero-order chi connectivity index (χ0) is 10.6. The summed E-state index contributed by atoms with van der Waals surface area (Å²) in [7, 11) is 2.83. The molecule has 0 spiro atoms. The Morgan fingerprint density at radius 1 is 1.29 bits per heavy atom. The van der Waals surface area contributed by atoms with Crippen LogP contribution in [0.5, 0.6) is 11.5 Å². The molecular formula is C9H10NO4-. The van der Waals surface area contributed by atoms with E-state index in [1.807, 2.05) is 0 Å². The fraction of sp³-hybridized carbons (Fsp3) is 0.222. The van der Waals surface area contributed by atoms with Gasteiger partial charge in [0.05, 0.1) is 14.2 Å². The molecule has 5 heteroatoms. The molecule has 76 valence electrons. The Morgan fingerprint density at radius 3 is 2.14 bits per heavy atom. The third-order valence-corrected chi connectivity index (χ3v) is 1.75. The van der Waals surface area contributed by atoms with Crippen LogP contribution in [0, 0.1) is 5.21 Å². The monoisotopic (exact) mass is 196 g/mol. The Morgan fingerprint density at radius 2 is 1.79 bits per heavy atom. The number of methoxy groups -OCH3 is 2. The van der Waals surface area contributed by atoms with Crippen LogP contribution in [0.15, 0.2) is 18.2 Å². The number of nitrogens with one attached hydrogen (secondary N) is 1. The molecule has 0 aliphatic rings. The summed E-state index contributed by atoms with van der Waals surface area (Å²) in [5, 5.41) is 10.3. The lowest BCUT2D eigenvalue weighted by molar-refractivity contribution is 0.0964. The van der Waals surface area contributed by atoms with Gasteiger partial charge in [-0.2, -0.15) is 0 Å². The van der Waals surface area contributed by atoms with Crippen molar-refractivity contribution in [1.29, 1.82) is 0 Å². The van der Waals surface area contributed by atoms with Crippen LogP contribution in [0.25, 0.3) is 0 Å². The SMILES string of the molecule is COc1cccc(OC)c1C(=O)N[O-]. The lowest BCUT2D eigenvalue weighted by Gasteiger charge is -2.14. The van der Waals surface area contributed by atoms with Crippen molar-refractivity contribution in [3.8, 4) is 11.5 Å². The second kappa shape index (κ2) is 4.48. The Balaban J connectivity index is 3.25. The standard InChI is InChI=1S/C9H10NO4/c1-13-6-4-3-5-7(14-2)8(6)9(11)10-12/h3-5H,1-2H3,(H-,10,11,12)/q-1. The Bertz CT molecular complexity index is 315. The predicted octanol–water partition coefficient (Wildman–Crippen LogP) is 0.931. The molecule has 0 fully saturated rings. The van der Waals surface area contributed by atoms with E-state index in [9.17, 15) is 10.0 Å². The van der Waals surface area contributed by atoms with Gasteiger partial charge in [0.25, 0.3) is 0 Å². The zero-order valence-corrected chi connectivity index (χ0v) is 7.87. The summed E-state index contributed by atoms with van der Waals surface area (Å²) >= 11 is 0. The largest absolute Gasteiger partial charge is 0.759 e. The van der Waals surface area contributed by atoms with E-state index in [4.69, 9.17) is 9.47 Å². The lowest BCUT2D eigenvalue weighted by atomic mass is 10.1. The van der Waals surface area contributed by atoms with Crippen molar-refractivity contribution in [2.24, 2.45) is 0 Å². The second-order valence-electron chi connectivity index (χ2n) is 2.47. The normalized spacial score (nSPS) is 9.36. The molecule has 0 heterocycles. The topological polar surface area (TPSA) is 70.6 Å². The molecule has 1 aromatic carbocycles. The summed E-state index contributed by atoms with van der Waals surface area (Å²) < 4.78 is 9.86. The van der Waals surface area contributed by atoms with Crippen molar-refractivity contribution in [2.75, 3.05) is 14.2 Å². The van der Waals surface area contributed by atoms with Crippen molar-refractivity contribution < 1.29 is 14.3 Å². The molecule has 1 N–H and O–H groups in total. The molecule has 0 radical (unpaired) electrons. The van der Waals surface area contributed by atoms with Gasteiger partial charge >= 0.3 is 0 Å². The quantitative estimate of drug-likeness (QED) is 0.730. The zero-order valence-electron chi connectivity index (χ0n) is 7.87. The van der Waals surface area contributed by atoms with Crippen LogP contribution >= 0.6 is 0 Å². The van der Waals surface area contributed by atoms with Gasteiger partial charge in [0.2, 0.25) is 5.91 Å². The molecule has 0 aliphatic carbocycles. The lowest BCUT2D eigenvalue weighted by Crippen LogP contribution is -2.17. The fourth-order valence-corrected chi connectivity index (χ4v) is 1.13. The van der Waals surface area contributed by atoms with Crippen molar-refractivity contribution in [3.05, 3.63) is 29.0 Å². The van der Waals surface area contributed by atoms with Crippen molar-refractivity contribution in [1.82, 2.24) is 5.48 Å². The molecule has 0 aliphatic heterocycles. The molecule has 0 aromatic heterocycles. The average Bonchev–Trinajstić information content (AvgIpc) is 2.26. The molecule has 0 atom stereocenters. The number of rotatable bonds is 3. The van der Waals surface area contributed by atoms with Gasteiger partial charge in [-0.15, -0.1) is 0 Å². The minimum absolute atomic E-state index is 0.104. The number of carbonyl (C=O) groups excluding carboxylic acids is 1. The number of benzene rings is 1. The molecule has 0 unspecified atom stereocenters.